The third-order valence-corrected chi connectivity index (χ3v) is 7.41. The molecule has 256 valence electrons. The van der Waals surface area contributed by atoms with E-state index in [1.165, 1.54) is 13.2 Å². The minimum atomic E-state index is -0.0450. The quantitative estimate of drug-likeness (QED) is 0.121. The van der Waals surface area contributed by atoms with Crippen molar-refractivity contribution in [3.8, 4) is 45.9 Å². The highest BCUT2D eigenvalue weighted by molar-refractivity contribution is 6.17. The Morgan fingerprint density at radius 1 is 0.633 bits per heavy atom. The molecule has 11 heteroatoms. The number of aromatic nitrogens is 2. The average molecular weight is 687 g/mol. The number of aryl methyl sites for hydroxylation is 2. The molecule has 0 fully saturated rings. The van der Waals surface area contributed by atoms with Crippen molar-refractivity contribution in [3.05, 3.63) is 131 Å². The first kappa shape index (κ1) is 36.5. The van der Waals surface area contributed by atoms with Gasteiger partial charge in [0.1, 0.15) is 23.8 Å². The van der Waals surface area contributed by atoms with Crippen LogP contribution in [0.1, 0.15) is 34.0 Å². The van der Waals surface area contributed by atoms with Gasteiger partial charge in [-0.05, 0) is 73.5 Å². The molecule has 0 saturated carbocycles. The van der Waals surface area contributed by atoms with E-state index in [0.29, 0.717) is 34.9 Å². The van der Waals surface area contributed by atoms with Gasteiger partial charge in [-0.3, -0.25) is 0 Å². The van der Waals surface area contributed by atoms with E-state index in [9.17, 15) is 5.11 Å². The summed E-state index contributed by atoms with van der Waals surface area (Å²) in [6, 6.07) is 29.6. The second-order valence-corrected chi connectivity index (χ2v) is 10.8. The average Bonchev–Trinajstić information content (AvgIpc) is 3.73. The molecule has 6 rings (SSSR count). The molecule has 2 heterocycles. The van der Waals surface area contributed by atoms with Gasteiger partial charge in [0.05, 0.1) is 39.0 Å². The van der Waals surface area contributed by atoms with E-state index in [1.54, 1.807) is 37.4 Å². The summed E-state index contributed by atoms with van der Waals surface area (Å²) in [6.07, 6.45) is 0. The molecule has 6 aromatic rings. The fourth-order valence-electron chi connectivity index (χ4n) is 4.42. The van der Waals surface area contributed by atoms with E-state index < -0.39 is 0 Å². The van der Waals surface area contributed by atoms with Crippen LogP contribution in [-0.2, 0) is 25.7 Å². The number of aliphatic hydroxyl groups is 2. The molecule has 0 saturated heterocycles. The Bertz CT molecular complexity index is 1890. The first-order valence-corrected chi connectivity index (χ1v) is 15.8. The zero-order chi connectivity index (χ0) is 35.2. The zero-order valence-corrected chi connectivity index (χ0v) is 28.5. The lowest BCUT2D eigenvalue weighted by Gasteiger charge is -2.10. The molecule has 0 amide bonds. The van der Waals surface area contributed by atoms with Crippen LogP contribution in [0, 0.1) is 13.8 Å². The second-order valence-electron chi connectivity index (χ2n) is 10.5. The number of hydrogen-bond acceptors (Lipinski definition) is 10. The Kier molecular flexibility index (Phi) is 13.7. The number of ether oxygens (including phenoxy) is 3. The maximum atomic E-state index is 9.18. The highest BCUT2D eigenvalue weighted by Crippen LogP contribution is 2.30. The van der Waals surface area contributed by atoms with Crippen LogP contribution in [0.15, 0.2) is 106 Å². The van der Waals surface area contributed by atoms with E-state index in [2.05, 4.69) is 9.97 Å². The molecule has 4 aromatic carbocycles. The highest BCUT2D eigenvalue weighted by atomic mass is 35.5. The molecule has 2 aromatic heterocycles. The molecule has 0 atom stereocenters. The van der Waals surface area contributed by atoms with Gasteiger partial charge in [0, 0.05) is 11.1 Å². The molecular formula is C38H39ClN2O8. The normalized spacial score (nSPS) is 10.3. The van der Waals surface area contributed by atoms with Gasteiger partial charge in [0.15, 0.2) is 23.0 Å². The molecule has 0 radical (unpaired) electrons. The van der Waals surface area contributed by atoms with Crippen molar-refractivity contribution in [3.63, 3.8) is 0 Å². The number of hydrogen-bond donors (Lipinski definition) is 3. The Morgan fingerprint density at radius 2 is 1.12 bits per heavy atom. The van der Waals surface area contributed by atoms with E-state index in [1.807, 2.05) is 74.5 Å². The van der Waals surface area contributed by atoms with Crippen LogP contribution in [-0.4, -0.2) is 39.5 Å². The van der Waals surface area contributed by atoms with Crippen molar-refractivity contribution in [2.45, 2.75) is 39.5 Å². The van der Waals surface area contributed by atoms with Crippen LogP contribution < -0.4 is 14.2 Å². The number of nitrogens with zero attached hydrogens (tertiary/aromatic N) is 2. The number of benzene rings is 4. The van der Waals surface area contributed by atoms with Crippen LogP contribution >= 0.6 is 11.6 Å². The summed E-state index contributed by atoms with van der Waals surface area (Å²) in [4.78, 5) is 8.81. The Balaban J connectivity index is 0.000000183. The topological polar surface area (TPSA) is 140 Å². The SMILES string of the molecule is COc1cc(CO)ccc1O.COc1cc(CO)ccc1OCc1nc(-c2ccccc2)oc1C.Cc1oc(-c2ccccc2)nc1CCl. The number of methoxy groups -OCH3 is 2. The number of alkyl halides is 1. The summed E-state index contributed by atoms with van der Waals surface area (Å²) in [5.41, 5.74) is 4.94. The summed E-state index contributed by atoms with van der Waals surface area (Å²) in [5.74, 6) is 4.76. The molecule has 0 bridgehead atoms. The summed E-state index contributed by atoms with van der Waals surface area (Å²) in [7, 11) is 3.04. The van der Waals surface area contributed by atoms with Gasteiger partial charge < -0.3 is 38.4 Å². The lowest BCUT2D eigenvalue weighted by molar-refractivity contribution is 0.272. The summed E-state index contributed by atoms with van der Waals surface area (Å²) >= 11 is 5.71. The first-order chi connectivity index (χ1) is 23.8. The molecule has 0 unspecified atom stereocenters. The van der Waals surface area contributed by atoms with Crippen molar-refractivity contribution in [2.75, 3.05) is 14.2 Å². The highest BCUT2D eigenvalue weighted by Gasteiger charge is 2.14. The largest absolute Gasteiger partial charge is 0.504 e. The van der Waals surface area contributed by atoms with E-state index in [4.69, 9.17) is 44.9 Å². The number of phenols is 1. The van der Waals surface area contributed by atoms with Gasteiger partial charge in [-0.25, -0.2) is 9.97 Å². The van der Waals surface area contributed by atoms with E-state index in [-0.39, 0.29) is 25.6 Å². The minimum absolute atomic E-state index is 0.0422. The molecule has 49 heavy (non-hydrogen) atoms. The standard InChI is InChI=1S/C19H19NO4.C11H10ClNO.C8H10O3/c1-13-16(20-19(24-13)15-6-4-3-5-7-15)12-23-17-9-8-14(11-21)10-18(17)22-2;1-8-10(7-12)13-11(14-8)9-5-3-2-4-6-9;1-11-8-4-6(5-9)2-3-7(8)10/h3-10,21H,11-12H2,1-2H3;2-6H,7H2,1H3;2-4,9-10H,5H2,1H3. The van der Waals surface area contributed by atoms with Crippen molar-refractivity contribution >= 4 is 11.6 Å². The summed E-state index contributed by atoms with van der Waals surface area (Å²) < 4.78 is 27.2. The number of oxazole rings is 2. The number of phenolic OH excluding ortho intramolecular Hbond substituents is 1. The lowest BCUT2D eigenvalue weighted by Crippen LogP contribution is -2.00. The fourth-order valence-corrected chi connectivity index (χ4v) is 4.67. The van der Waals surface area contributed by atoms with Gasteiger partial charge in [-0.1, -0.05) is 48.5 Å². The predicted octanol–water partition coefficient (Wildman–Crippen LogP) is 8.01. The van der Waals surface area contributed by atoms with E-state index >= 15 is 0 Å². The van der Waals surface area contributed by atoms with Gasteiger partial charge >= 0.3 is 0 Å². The monoisotopic (exact) mass is 686 g/mol. The van der Waals surface area contributed by atoms with Crippen molar-refractivity contribution in [1.29, 1.82) is 0 Å². The minimum Gasteiger partial charge on any atom is -0.504 e. The van der Waals surface area contributed by atoms with Crippen molar-refractivity contribution < 1.29 is 38.4 Å². The zero-order valence-electron chi connectivity index (χ0n) is 27.7. The van der Waals surface area contributed by atoms with Gasteiger partial charge in [0.25, 0.3) is 0 Å². The molecule has 10 nitrogen and oxygen atoms in total. The van der Waals surface area contributed by atoms with Crippen molar-refractivity contribution in [2.24, 2.45) is 0 Å². The second kappa shape index (κ2) is 18.3. The van der Waals surface area contributed by atoms with Crippen LogP contribution in [0.25, 0.3) is 22.9 Å². The van der Waals surface area contributed by atoms with Gasteiger partial charge in [0.2, 0.25) is 11.8 Å². The van der Waals surface area contributed by atoms with Crippen LogP contribution in [0.5, 0.6) is 23.0 Å². The maximum Gasteiger partial charge on any atom is 0.226 e. The van der Waals surface area contributed by atoms with Gasteiger partial charge in [-0.15, -0.1) is 11.6 Å². The number of halogens is 1. The van der Waals surface area contributed by atoms with Crippen molar-refractivity contribution in [1.82, 2.24) is 9.97 Å². The van der Waals surface area contributed by atoms with Gasteiger partial charge in [-0.2, -0.15) is 0 Å². The van der Waals surface area contributed by atoms with Crippen LogP contribution in [0.4, 0.5) is 0 Å². The Morgan fingerprint density at radius 3 is 1.61 bits per heavy atom. The molecule has 0 aliphatic carbocycles. The number of rotatable bonds is 10. The number of aliphatic hydroxyl groups excluding tert-OH is 2. The van der Waals surface area contributed by atoms with Crippen LogP contribution in [0.2, 0.25) is 0 Å². The molecule has 3 N–H and O–H groups in total. The van der Waals surface area contributed by atoms with Crippen LogP contribution in [0.3, 0.4) is 0 Å². The molecule has 0 aliphatic rings. The number of aromatic hydroxyl groups is 1. The lowest BCUT2D eigenvalue weighted by atomic mass is 10.2. The fraction of sp³-hybridized carbons (Fsp3) is 0.211. The Labute approximate surface area is 290 Å². The maximum absolute atomic E-state index is 9.18. The summed E-state index contributed by atoms with van der Waals surface area (Å²) in [5, 5.41) is 27.0. The first-order valence-electron chi connectivity index (χ1n) is 15.3. The predicted molar refractivity (Wildman–Crippen MR) is 187 cm³/mol. The van der Waals surface area contributed by atoms with E-state index in [0.717, 1.165) is 45.2 Å². The molecule has 0 aliphatic heterocycles. The Hall–Kier alpha value is -5.29. The third kappa shape index (κ3) is 10.1. The smallest absolute Gasteiger partial charge is 0.226 e. The summed E-state index contributed by atoms with van der Waals surface area (Å²) in [6.45, 7) is 3.93. The third-order valence-electron chi connectivity index (χ3n) is 7.16. The molecule has 0 spiro atoms. The molecular weight excluding hydrogens is 648 g/mol.